The Bertz CT molecular complexity index is 1280. The van der Waals surface area contributed by atoms with Crippen molar-refractivity contribution in [1.82, 2.24) is 20.4 Å². The molecule has 1 saturated carbocycles. The van der Waals surface area contributed by atoms with Crippen molar-refractivity contribution < 1.29 is 9.59 Å². The van der Waals surface area contributed by atoms with Gasteiger partial charge in [-0.3, -0.25) is 0 Å². The topological polar surface area (TPSA) is 129 Å². The van der Waals surface area contributed by atoms with Gasteiger partial charge in [-0.2, -0.15) is 0 Å². The highest BCUT2D eigenvalue weighted by molar-refractivity contribution is 5.79. The molecule has 1 saturated heterocycles. The number of hydrogen-bond donors (Lipinski definition) is 4. The van der Waals surface area contributed by atoms with Crippen molar-refractivity contribution >= 4 is 23.7 Å². The molecule has 9 nitrogen and oxygen atoms in total. The van der Waals surface area contributed by atoms with E-state index < -0.39 is 0 Å². The quantitative estimate of drug-likeness (QED) is 0.271. The summed E-state index contributed by atoms with van der Waals surface area (Å²) in [5.74, 6) is 0.00534. The van der Waals surface area contributed by atoms with Gasteiger partial charge in [0.25, 0.3) is 0 Å². The summed E-state index contributed by atoms with van der Waals surface area (Å²) in [4.78, 5) is 33.4. The number of benzene rings is 3. The molecule has 0 unspecified atom stereocenters. The fraction of sp³-hybridized carbons (Fsp3) is 0.344. The largest absolute Gasteiger partial charge is 0.370 e. The molecule has 0 spiro atoms. The van der Waals surface area contributed by atoms with Crippen LogP contribution in [0.2, 0.25) is 0 Å². The summed E-state index contributed by atoms with van der Waals surface area (Å²) in [6.07, 6.45) is 3.81. The van der Waals surface area contributed by atoms with Crippen molar-refractivity contribution in [1.29, 1.82) is 0 Å². The third-order valence-corrected chi connectivity index (χ3v) is 8.31. The SMILES string of the molecule is NC(N)=Nc1ccc(CNC(=O)N2CCN(C(=O)NC3CCC(c4ccccc4)(c4ccccc4)CC3)CC2)cc1. The fourth-order valence-corrected chi connectivity index (χ4v) is 6.02. The van der Waals surface area contributed by atoms with Crippen LogP contribution in [-0.4, -0.2) is 60.0 Å². The van der Waals surface area contributed by atoms with Gasteiger partial charge in [-0.25, -0.2) is 14.6 Å². The zero-order chi connectivity index (χ0) is 28.7. The second kappa shape index (κ2) is 12.8. The molecule has 0 aromatic heterocycles. The van der Waals surface area contributed by atoms with Crippen molar-refractivity contribution in [2.75, 3.05) is 26.2 Å². The lowest BCUT2D eigenvalue weighted by Gasteiger charge is -2.42. The van der Waals surface area contributed by atoms with E-state index in [-0.39, 0.29) is 29.5 Å². The Morgan fingerprint density at radius 1 is 0.756 bits per heavy atom. The molecule has 3 aromatic carbocycles. The third-order valence-electron chi connectivity index (χ3n) is 8.31. The van der Waals surface area contributed by atoms with Gasteiger partial charge in [0.15, 0.2) is 5.96 Å². The van der Waals surface area contributed by atoms with Gasteiger partial charge in [0.05, 0.1) is 5.69 Å². The Morgan fingerprint density at radius 2 is 1.27 bits per heavy atom. The molecule has 2 aliphatic rings. The summed E-state index contributed by atoms with van der Waals surface area (Å²) in [5.41, 5.74) is 15.1. The van der Waals surface area contributed by atoms with Gasteiger partial charge >= 0.3 is 12.1 Å². The van der Waals surface area contributed by atoms with E-state index in [4.69, 9.17) is 11.5 Å². The maximum absolute atomic E-state index is 13.1. The minimum absolute atomic E-state index is 0.00534. The van der Waals surface area contributed by atoms with E-state index in [1.807, 2.05) is 17.0 Å². The van der Waals surface area contributed by atoms with E-state index in [0.29, 0.717) is 38.4 Å². The monoisotopic (exact) mass is 553 g/mol. The molecule has 1 aliphatic carbocycles. The molecule has 0 radical (unpaired) electrons. The second-order valence-corrected chi connectivity index (χ2v) is 10.9. The zero-order valence-corrected chi connectivity index (χ0v) is 23.3. The smallest absolute Gasteiger partial charge is 0.317 e. The van der Waals surface area contributed by atoms with Crippen LogP contribution in [0.25, 0.3) is 0 Å². The van der Waals surface area contributed by atoms with Crippen LogP contribution < -0.4 is 22.1 Å². The Labute approximate surface area is 241 Å². The Hall–Kier alpha value is -4.53. The Morgan fingerprint density at radius 3 is 1.78 bits per heavy atom. The number of hydrogen-bond acceptors (Lipinski definition) is 3. The maximum atomic E-state index is 13.1. The van der Waals surface area contributed by atoms with Crippen molar-refractivity contribution in [3.05, 3.63) is 102 Å². The molecule has 3 aromatic rings. The first kappa shape index (κ1) is 28.0. The molecule has 1 aliphatic heterocycles. The minimum atomic E-state index is -0.135. The molecular formula is C32H39N7O2. The molecule has 9 heteroatoms. The van der Waals surface area contributed by atoms with Crippen molar-refractivity contribution in [3.63, 3.8) is 0 Å². The number of piperazine rings is 1. The van der Waals surface area contributed by atoms with Crippen LogP contribution in [0.15, 0.2) is 89.9 Å². The molecule has 6 N–H and O–H groups in total. The van der Waals surface area contributed by atoms with E-state index in [1.54, 1.807) is 17.0 Å². The Kier molecular flexibility index (Phi) is 8.72. The minimum Gasteiger partial charge on any atom is -0.370 e. The summed E-state index contributed by atoms with van der Waals surface area (Å²) in [5, 5.41) is 6.24. The molecule has 0 bridgehead atoms. The van der Waals surface area contributed by atoms with Gasteiger partial charge in [0.1, 0.15) is 0 Å². The number of carbonyl (C=O) groups is 2. The number of nitrogens with two attached hydrogens (primary N) is 2. The van der Waals surface area contributed by atoms with Gasteiger partial charge in [-0.15, -0.1) is 0 Å². The van der Waals surface area contributed by atoms with Gasteiger partial charge < -0.3 is 31.9 Å². The highest BCUT2D eigenvalue weighted by Gasteiger charge is 2.39. The number of rotatable bonds is 6. The second-order valence-electron chi connectivity index (χ2n) is 10.9. The Balaban J connectivity index is 1.08. The van der Waals surface area contributed by atoms with Crippen LogP contribution >= 0.6 is 0 Å². The van der Waals surface area contributed by atoms with Crippen LogP contribution in [0.1, 0.15) is 42.4 Å². The highest BCUT2D eigenvalue weighted by atomic mass is 16.2. The average Bonchev–Trinajstić information content (AvgIpc) is 3.01. The number of aliphatic imine (C=N–C) groups is 1. The van der Waals surface area contributed by atoms with Crippen LogP contribution in [0.3, 0.4) is 0 Å². The number of urea groups is 2. The summed E-state index contributed by atoms with van der Waals surface area (Å²) >= 11 is 0. The molecule has 214 valence electrons. The summed E-state index contributed by atoms with van der Waals surface area (Å²) in [6.45, 7) is 2.42. The van der Waals surface area contributed by atoms with E-state index in [1.165, 1.54) is 11.1 Å². The summed E-state index contributed by atoms with van der Waals surface area (Å²) in [7, 11) is 0. The molecule has 2 fully saturated rings. The average molecular weight is 554 g/mol. The van der Waals surface area contributed by atoms with E-state index in [9.17, 15) is 9.59 Å². The lowest BCUT2D eigenvalue weighted by Crippen LogP contribution is -2.56. The van der Waals surface area contributed by atoms with Gasteiger partial charge in [0, 0.05) is 44.2 Å². The number of guanidine groups is 1. The molecule has 5 rings (SSSR count). The first-order valence-corrected chi connectivity index (χ1v) is 14.3. The fourth-order valence-electron chi connectivity index (χ4n) is 6.02. The molecule has 0 atom stereocenters. The van der Waals surface area contributed by atoms with E-state index >= 15 is 0 Å². The predicted octanol–water partition coefficient (Wildman–Crippen LogP) is 4.06. The molecule has 41 heavy (non-hydrogen) atoms. The number of amides is 4. The van der Waals surface area contributed by atoms with Crippen LogP contribution in [0, 0.1) is 0 Å². The maximum Gasteiger partial charge on any atom is 0.317 e. The van der Waals surface area contributed by atoms with Crippen LogP contribution in [-0.2, 0) is 12.0 Å². The summed E-state index contributed by atoms with van der Waals surface area (Å²) in [6, 6.07) is 28.8. The van der Waals surface area contributed by atoms with Gasteiger partial charge in [-0.05, 0) is 54.5 Å². The number of nitrogens with zero attached hydrogens (tertiary/aromatic N) is 3. The van der Waals surface area contributed by atoms with Crippen molar-refractivity contribution in [2.24, 2.45) is 16.5 Å². The van der Waals surface area contributed by atoms with E-state index in [2.05, 4.69) is 76.3 Å². The highest BCUT2D eigenvalue weighted by Crippen LogP contribution is 2.44. The predicted molar refractivity (Wildman–Crippen MR) is 162 cm³/mol. The molecular weight excluding hydrogens is 514 g/mol. The first-order chi connectivity index (χ1) is 19.9. The standard InChI is InChI=1S/C32H39N7O2/c33-29(34)36-27-13-11-24(12-14-27)23-35-30(40)38-19-21-39(22-20-38)31(41)37-28-15-17-32(18-16-28,25-7-3-1-4-8-25)26-9-5-2-6-10-26/h1-14,28H,15-23H2,(H,35,40)(H,37,41)(H4,33,34,36). The van der Waals surface area contributed by atoms with Gasteiger partial charge in [-0.1, -0.05) is 72.8 Å². The summed E-state index contributed by atoms with van der Waals surface area (Å²) < 4.78 is 0. The molecule has 4 amide bonds. The van der Waals surface area contributed by atoms with Crippen molar-refractivity contribution in [3.8, 4) is 0 Å². The lowest BCUT2D eigenvalue weighted by molar-refractivity contribution is 0.138. The lowest BCUT2D eigenvalue weighted by atomic mass is 9.64. The number of nitrogens with one attached hydrogen (secondary N) is 2. The van der Waals surface area contributed by atoms with Crippen LogP contribution in [0.4, 0.5) is 15.3 Å². The number of carbonyl (C=O) groups excluding carboxylic acids is 2. The van der Waals surface area contributed by atoms with Crippen LogP contribution in [0.5, 0.6) is 0 Å². The zero-order valence-electron chi connectivity index (χ0n) is 23.3. The normalized spacial score (nSPS) is 17.0. The van der Waals surface area contributed by atoms with E-state index in [0.717, 1.165) is 31.2 Å². The third kappa shape index (κ3) is 6.80. The van der Waals surface area contributed by atoms with Crippen molar-refractivity contribution in [2.45, 2.75) is 43.7 Å². The first-order valence-electron chi connectivity index (χ1n) is 14.3. The molecule has 1 heterocycles. The van der Waals surface area contributed by atoms with Gasteiger partial charge in [0.2, 0.25) is 0 Å².